The Morgan fingerprint density at radius 2 is 1.73 bits per heavy atom. The molecule has 2 amide bonds. The Morgan fingerprint density at radius 3 is 2.20 bits per heavy atom. The number of carbonyl (C=O) groups is 2. The van der Waals surface area contributed by atoms with Crippen LogP contribution in [0.25, 0.3) is 0 Å². The predicted octanol–water partition coefficient (Wildman–Crippen LogP) is 6.75. The highest BCUT2D eigenvalue weighted by Crippen LogP contribution is 2.22. The maximum Gasteiger partial charge on any atom is 0.407 e. The highest BCUT2D eigenvalue weighted by atomic mass is 32.2. The summed E-state index contributed by atoms with van der Waals surface area (Å²) in [6.07, 6.45) is 2.43. The molecule has 30 heavy (non-hydrogen) atoms. The molecule has 0 aromatic carbocycles. The third-order valence-electron chi connectivity index (χ3n) is 4.15. The van der Waals surface area contributed by atoms with Crippen LogP contribution >= 0.6 is 34.4 Å². The number of thiophene rings is 2. The smallest absolute Gasteiger partial charge is 0.407 e. The largest absolute Gasteiger partial charge is 0.444 e. The number of thioether (sulfide) groups is 1. The summed E-state index contributed by atoms with van der Waals surface area (Å²) in [5.74, 6) is 0.531. The highest BCUT2D eigenvalue weighted by Gasteiger charge is 2.22. The fourth-order valence-electron chi connectivity index (χ4n) is 2.75. The van der Waals surface area contributed by atoms with Gasteiger partial charge in [0.2, 0.25) is 0 Å². The van der Waals surface area contributed by atoms with Gasteiger partial charge in [0, 0.05) is 21.5 Å². The van der Waals surface area contributed by atoms with Crippen molar-refractivity contribution in [1.29, 1.82) is 0 Å². The lowest BCUT2D eigenvalue weighted by molar-refractivity contribution is 0.0507. The van der Waals surface area contributed by atoms with E-state index in [4.69, 9.17) is 4.74 Å². The molecule has 166 valence electrons. The van der Waals surface area contributed by atoms with E-state index in [1.807, 2.05) is 48.6 Å². The molecule has 1 N–H and O–H groups in total. The van der Waals surface area contributed by atoms with Crippen molar-refractivity contribution in [2.45, 2.75) is 71.7 Å². The fourth-order valence-corrected chi connectivity index (χ4v) is 5.10. The summed E-state index contributed by atoms with van der Waals surface area (Å²) in [6, 6.07) is 8.02. The lowest BCUT2D eigenvalue weighted by Gasteiger charge is -2.25. The normalized spacial score (nSPS) is 12.4. The van der Waals surface area contributed by atoms with Crippen molar-refractivity contribution < 1.29 is 14.3 Å². The van der Waals surface area contributed by atoms with Gasteiger partial charge in [-0.1, -0.05) is 43.7 Å². The van der Waals surface area contributed by atoms with Crippen LogP contribution in [-0.2, 0) is 17.8 Å². The molecule has 2 rings (SSSR count). The van der Waals surface area contributed by atoms with Crippen LogP contribution in [0.2, 0.25) is 0 Å². The number of rotatable bonds is 10. The van der Waals surface area contributed by atoms with E-state index in [2.05, 4.69) is 24.4 Å². The van der Waals surface area contributed by atoms with E-state index in [0.29, 0.717) is 18.8 Å². The number of hydrogen-bond donors (Lipinski definition) is 1. The lowest BCUT2D eigenvalue weighted by atomic mass is 10.1. The van der Waals surface area contributed by atoms with Gasteiger partial charge in [0.25, 0.3) is 5.24 Å². The Morgan fingerprint density at radius 1 is 1.13 bits per heavy atom. The zero-order chi connectivity index (χ0) is 22.0. The van der Waals surface area contributed by atoms with Crippen LogP contribution in [0.5, 0.6) is 0 Å². The third kappa shape index (κ3) is 9.53. The molecule has 0 aliphatic rings. The summed E-state index contributed by atoms with van der Waals surface area (Å²) in [4.78, 5) is 29.4. The van der Waals surface area contributed by atoms with Crippen molar-refractivity contribution in [3.05, 3.63) is 44.8 Å². The van der Waals surface area contributed by atoms with E-state index in [1.165, 1.54) is 11.8 Å². The van der Waals surface area contributed by atoms with Crippen molar-refractivity contribution in [3.63, 3.8) is 0 Å². The second-order valence-electron chi connectivity index (χ2n) is 8.08. The van der Waals surface area contributed by atoms with Crippen molar-refractivity contribution in [2.24, 2.45) is 0 Å². The van der Waals surface area contributed by atoms with E-state index < -0.39 is 11.7 Å². The molecule has 1 atom stereocenters. The molecule has 0 radical (unpaired) electrons. The minimum Gasteiger partial charge on any atom is -0.444 e. The summed E-state index contributed by atoms with van der Waals surface area (Å²) in [5, 5.41) is 7.04. The molecule has 0 fully saturated rings. The molecular weight excluding hydrogens is 436 g/mol. The molecule has 0 aliphatic heterocycles. The van der Waals surface area contributed by atoms with Crippen LogP contribution in [0.15, 0.2) is 35.0 Å². The Kier molecular flexibility index (Phi) is 10.2. The van der Waals surface area contributed by atoms with Crippen molar-refractivity contribution >= 4 is 45.8 Å². The topological polar surface area (TPSA) is 58.6 Å². The van der Waals surface area contributed by atoms with Gasteiger partial charge >= 0.3 is 6.09 Å². The van der Waals surface area contributed by atoms with E-state index in [0.717, 1.165) is 29.0 Å². The monoisotopic (exact) mass is 468 g/mol. The summed E-state index contributed by atoms with van der Waals surface area (Å²) in [6.45, 7) is 8.85. The Labute approximate surface area is 192 Å². The van der Waals surface area contributed by atoms with Gasteiger partial charge < -0.3 is 15.0 Å². The number of alkyl carbamates (subject to hydrolysis) is 1. The number of amides is 2. The maximum atomic E-state index is 13.0. The second kappa shape index (κ2) is 12.4. The summed E-state index contributed by atoms with van der Waals surface area (Å²) >= 11 is 4.59. The molecule has 0 bridgehead atoms. The predicted molar refractivity (Wildman–Crippen MR) is 128 cm³/mol. The molecule has 0 saturated heterocycles. The molecule has 0 aliphatic carbocycles. The van der Waals surface area contributed by atoms with Gasteiger partial charge in [-0.2, -0.15) is 0 Å². The van der Waals surface area contributed by atoms with Gasteiger partial charge in [-0.05, 0) is 50.1 Å². The van der Waals surface area contributed by atoms with Crippen LogP contribution in [0.3, 0.4) is 0 Å². The number of nitrogens with one attached hydrogen (secondary N) is 1. The molecule has 5 nitrogen and oxygen atoms in total. The van der Waals surface area contributed by atoms with Gasteiger partial charge in [-0.15, -0.1) is 22.7 Å². The van der Waals surface area contributed by atoms with Gasteiger partial charge in [-0.3, -0.25) is 4.79 Å². The van der Waals surface area contributed by atoms with Crippen LogP contribution in [0.4, 0.5) is 9.59 Å². The van der Waals surface area contributed by atoms with E-state index >= 15 is 0 Å². The molecule has 8 heteroatoms. The minimum atomic E-state index is -0.541. The standard InChI is InChI=1S/C22H32N2O3S3/c1-5-6-9-17(23-20(25)27-22(2,3)4)16-30-21(26)24(14-18-10-7-12-28-18)15-19-11-8-13-29-19/h7-8,10-13,17H,5-6,9,14-16H2,1-4H3,(H,23,25)/t17-/m0/s1. The molecule has 2 heterocycles. The first-order chi connectivity index (χ1) is 14.3. The van der Waals surface area contributed by atoms with Gasteiger partial charge in [0.15, 0.2) is 0 Å². The summed E-state index contributed by atoms with van der Waals surface area (Å²) < 4.78 is 5.39. The van der Waals surface area contributed by atoms with Crippen LogP contribution in [0.1, 0.15) is 56.7 Å². The van der Waals surface area contributed by atoms with Crippen molar-refractivity contribution in [2.75, 3.05) is 5.75 Å². The van der Waals surface area contributed by atoms with Crippen molar-refractivity contribution in [1.82, 2.24) is 10.2 Å². The summed E-state index contributed by atoms with van der Waals surface area (Å²) in [7, 11) is 0. The SMILES string of the molecule is CCCC[C@@H](CSC(=O)N(Cc1cccs1)Cc1cccs1)NC(=O)OC(C)(C)C. The van der Waals surface area contributed by atoms with Crippen LogP contribution in [-0.4, -0.2) is 33.6 Å². The summed E-state index contributed by atoms with van der Waals surface area (Å²) in [5.41, 5.74) is -0.541. The van der Waals surface area contributed by atoms with E-state index in [9.17, 15) is 9.59 Å². The quantitative estimate of drug-likeness (QED) is 0.419. The first-order valence-electron chi connectivity index (χ1n) is 10.2. The number of hydrogen-bond acceptors (Lipinski definition) is 6. The van der Waals surface area contributed by atoms with Gasteiger partial charge in [0.05, 0.1) is 13.1 Å². The maximum absolute atomic E-state index is 13.0. The van der Waals surface area contributed by atoms with E-state index in [-0.39, 0.29) is 11.3 Å². The molecule has 0 saturated carbocycles. The molecule has 0 unspecified atom stereocenters. The number of unbranched alkanes of at least 4 members (excludes halogenated alkanes) is 1. The fraction of sp³-hybridized carbons (Fsp3) is 0.545. The van der Waals surface area contributed by atoms with Crippen LogP contribution in [0, 0.1) is 0 Å². The second-order valence-corrected chi connectivity index (χ2v) is 11.1. The third-order valence-corrected chi connectivity index (χ3v) is 6.94. The van der Waals surface area contributed by atoms with Crippen LogP contribution < -0.4 is 5.32 Å². The zero-order valence-electron chi connectivity index (χ0n) is 18.2. The van der Waals surface area contributed by atoms with E-state index in [1.54, 1.807) is 22.7 Å². The average molecular weight is 469 g/mol. The molecule has 2 aromatic heterocycles. The van der Waals surface area contributed by atoms with Crippen molar-refractivity contribution in [3.8, 4) is 0 Å². The lowest BCUT2D eigenvalue weighted by Crippen LogP contribution is -2.41. The highest BCUT2D eigenvalue weighted by molar-refractivity contribution is 8.13. The van der Waals surface area contributed by atoms with Gasteiger partial charge in [-0.25, -0.2) is 4.79 Å². The minimum absolute atomic E-state index is 0.0317. The Balaban J connectivity index is 1.97. The first-order valence-corrected chi connectivity index (χ1v) is 13.0. The Hall–Kier alpha value is -1.51. The first kappa shape index (κ1) is 24.8. The van der Waals surface area contributed by atoms with Gasteiger partial charge in [0.1, 0.15) is 5.60 Å². The number of ether oxygens (including phenoxy) is 1. The molecular formula is C22H32N2O3S3. The average Bonchev–Trinajstić information content (AvgIpc) is 3.35. The zero-order valence-corrected chi connectivity index (χ0v) is 20.6. The number of nitrogens with zero attached hydrogens (tertiary/aromatic N) is 1. The molecule has 0 spiro atoms. The number of carbonyl (C=O) groups excluding carboxylic acids is 2. The molecule has 2 aromatic rings. The Bertz CT molecular complexity index is 719.